The Labute approximate surface area is 198 Å². The van der Waals surface area contributed by atoms with Crippen LogP contribution in [0.4, 0.5) is 17.6 Å². The number of nitrogens with zero attached hydrogens (tertiary/aromatic N) is 5. The highest BCUT2D eigenvalue weighted by atomic mass is 32.1. The molecule has 3 aliphatic rings. The third-order valence-electron chi connectivity index (χ3n) is 6.77. The lowest BCUT2D eigenvalue weighted by atomic mass is 10.0. The summed E-state index contributed by atoms with van der Waals surface area (Å²) in [5.74, 6) is 2.64. The molecule has 0 spiro atoms. The fourth-order valence-electron chi connectivity index (χ4n) is 4.82. The number of nitrogens with one attached hydrogen (secondary N) is 2. The van der Waals surface area contributed by atoms with E-state index in [0.717, 1.165) is 70.7 Å². The fraction of sp³-hybridized carbons (Fsp3) is 0.783. The molecule has 178 valence electrons. The maximum atomic E-state index is 5.57. The average Bonchev–Trinajstić information content (AvgIpc) is 3.10. The number of hydrogen-bond acceptors (Lipinski definition) is 7. The molecule has 1 atom stereocenters. The third kappa shape index (κ3) is 6.65. The van der Waals surface area contributed by atoms with Crippen LogP contribution < -0.4 is 20.4 Å². The summed E-state index contributed by atoms with van der Waals surface area (Å²) in [4.78, 5) is 17.0. The molecule has 3 aliphatic heterocycles. The Bertz CT molecular complexity index is 735. The molecule has 4 rings (SSSR count). The van der Waals surface area contributed by atoms with Gasteiger partial charge in [-0.3, -0.25) is 4.90 Å². The van der Waals surface area contributed by atoms with E-state index < -0.39 is 0 Å². The molecule has 3 saturated heterocycles. The normalized spacial score (nSPS) is 23.0. The van der Waals surface area contributed by atoms with Crippen LogP contribution in [-0.2, 0) is 4.74 Å². The highest BCUT2D eigenvalue weighted by Crippen LogP contribution is 2.28. The number of rotatable bonds is 6. The van der Waals surface area contributed by atoms with Gasteiger partial charge in [0.05, 0.1) is 13.2 Å². The standard InChI is InChI=1S/C23H39N7OS/c1-19-8-4-7-12-30(19)21-18-20(29-10-5-2-3-6-11-29)25-22(26-21)27-23(32)24-9-13-28-14-16-31-17-15-28/h18-19H,2-17H2,1H3,(H2,24,25,26,27,32). The molecule has 1 aromatic rings. The van der Waals surface area contributed by atoms with Gasteiger partial charge in [-0.25, -0.2) is 0 Å². The van der Waals surface area contributed by atoms with Crippen LogP contribution in [0.15, 0.2) is 6.07 Å². The topological polar surface area (TPSA) is 68.8 Å². The molecule has 1 unspecified atom stereocenters. The molecule has 0 radical (unpaired) electrons. The van der Waals surface area contributed by atoms with Crippen molar-refractivity contribution in [1.29, 1.82) is 0 Å². The minimum atomic E-state index is 0.502. The van der Waals surface area contributed by atoms with Crippen LogP contribution in [0.5, 0.6) is 0 Å². The summed E-state index contributed by atoms with van der Waals surface area (Å²) in [6, 6.07) is 2.69. The molecule has 0 aliphatic carbocycles. The van der Waals surface area contributed by atoms with E-state index in [1.165, 1.54) is 44.9 Å². The Morgan fingerprint density at radius 3 is 2.47 bits per heavy atom. The van der Waals surface area contributed by atoms with Gasteiger partial charge in [-0.2, -0.15) is 9.97 Å². The predicted octanol–water partition coefficient (Wildman–Crippen LogP) is 2.85. The lowest BCUT2D eigenvalue weighted by Crippen LogP contribution is -2.42. The Morgan fingerprint density at radius 1 is 1.00 bits per heavy atom. The van der Waals surface area contributed by atoms with Crippen LogP contribution in [0.25, 0.3) is 0 Å². The number of morpholine rings is 1. The van der Waals surface area contributed by atoms with Gasteiger partial charge in [0.1, 0.15) is 11.6 Å². The number of ether oxygens (including phenoxy) is 1. The van der Waals surface area contributed by atoms with E-state index in [9.17, 15) is 0 Å². The molecular formula is C23H39N7OS. The van der Waals surface area contributed by atoms with E-state index in [1.54, 1.807) is 0 Å². The van der Waals surface area contributed by atoms with Crippen molar-refractivity contribution in [1.82, 2.24) is 20.2 Å². The van der Waals surface area contributed by atoms with Gasteiger partial charge >= 0.3 is 0 Å². The van der Waals surface area contributed by atoms with Crippen LogP contribution in [0, 0.1) is 0 Å². The zero-order chi connectivity index (χ0) is 22.2. The third-order valence-corrected chi connectivity index (χ3v) is 7.02. The summed E-state index contributed by atoms with van der Waals surface area (Å²) in [6.45, 7) is 10.8. The van der Waals surface area contributed by atoms with Crippen LogP contribution in [0.3, 0.4) is 0 Å². The molecule has 0 saturated carbocycles. The maximum Gasteiger partial charge on any atom is 0.232 e. The molecule has 0 amide bonds. The van der Waals surface area contributed by atoms with Crippen molar-refractivity contribution in [2.45, 2.75) is 57.9 Å². The number of anilines is 3. The van der Waals surface area contributed by atoms with Crippen molar-refractivity contribution in [3.8, 4) is 0 Å². The molecular weight excluding hydrogens is 422 g/mol. The summed E-state index contributed by atoms with van der Waals surface area (Å²) < 4.78 is 5.42. The van der Waals surface area contributed by atoms with E-state index in [0.29, 0.717) is 17.1 Å². The molecule has 2 N–H and O–H groups in total. The maximum absolute atomic E-state index is 5.57. The second-order valence-electron chi connectivity index (χ2n) is 9.18. The Kier molecular flexibility index (Phi) is 8.76. The summed E-state index contributed by atoms with van der Waals surface area (Å²) >= 11 is 5.57. The highest BCUT2D eigenvalue weighted by Gasteiger charge is 2.23. The van der Waals surface area contributed by atoms with Gasteiger partial charge in [0.25, 0.3) is 0 Å². The SMILES string of the molecule is CC1CCCCN1c1cc(N2CCCCCC2)nc(NC(=S)NCCN2CCOCC2)n1. The van der Waals surface area contributed by atoms with Gasteiger partial charge in [-0.1, -0.05) is 12.8 Å². The van der Waals surface area contributed by atoms with Gasteiger partial charge < -0.3 is 25.2 Å². The first-order valence-corrected chi connectivity index (χ1v) is 12.9. The Balaban J connectivity index is 1.43. The zero-order valence-electron chi connectivity index (χ0n) is 19.5. The summed E-state index contributed by atoms with van der Waals surface area (Å²) in [7, 11) is 0. The first-order valence-electron chi connectivity index (χ1n) is 12.4. The summed E-state index contributed by atoms with van der Waals surface area (Å²) in [5, 5.41) is 7.18. The van der Waals surface area contributed by atoms with Gasteiger partial charge in [-0.05, 0) is 51.2 Å². The van der Waals surface area contributed by atoms with Crippen molar-refractivity contribution in [3.05, 3.63) is 6.07 Å². The van der Waals surface area contributed by atoms with Crippen molar-refractivity contribution in [2.75, 3.05) is 74.1 Å². The zero-order valence-corrected chi connectivity index (χ0v) is 20.3. The first kappa shape index (κ1) is 23.4. The molecule has 3 fully saturated rings. The molecule has 8 nitrogen and oxygen atoms in total. The van der Waals surface area contributed by atoms with Crippen molar-refractivity contribution >= 4 is 34.9 Å². The molecule has 32 heavy (non-hydrogen) atoms. The van der Waals surface area contributed by atoms with E-state index in [2.05, 4.69) is 38.3 Å². The summed E-state index contributed by atoms with van der Waals surface area (Å²) in [5.41, 5.74) is 0. The van der Waals surface area contributed by atoms with E-state index >= 15 is 0 Å². The van der Waals surface area contributed by atoms with Crippen molar-refractivity contribution in [3.63, 3.8) is 0 Å². The quantitative estimate of drug-likeness (QED) is 0.622. The molecule has 1 aromatic heterocycles. The number of hydrogen-bond donors (Lipinski definition) is 2. The van der Waals surface area contributed by atoms with Crippen LogP contribution in [0.2, 0.25) is 0 Å². The van der Waals surface area contributed by atoms with E-state index in [1.807, 2.05) is 0 Å². The molecule has 9 heteroatoms. The second kappa shape index (κ2) is 12.0. The van der Waals surface area contributed by atoms with Gasteiger partial charge in [0, 0.05) is 57.9 Å². The minimum absolute atomic E-state index is 0.502. The van der Waals surface area contributed by atoms with Crippen LogP contribution >= 0.6 is 12.2 Å². The second-order valence-corrected chi connectivity index (χ2v) is 9.59. The van der Waals surface area contributed by atoms with Crippen LogP contribution in [-0.4, -0.2) is 85.0 Å². The lowest BCUT2D eigenvalue weighted by molar-refractivity contribution is 0.0389. The van der Waals surface area contributed by atoms with Gasteiger partial charge in [-0.15, -0.1) is 0 Å². The van der Waals surface area contributed by atoms with Crippen molar-refractivity contribution < 1.29 is 4.74 Å². The number of thiocarbonyl (C=S) groups is 1. The molecule has 4 heterocycles. The average molecular weight is 462 g/mol. The highest BCUT2D eigenvalue weighted by molar-refractivity contribution is 7.80. The van der Waals surface area contributed by atoms with Crippen LogP contribution in [0.1, 0.15) is 51.9 Å². The smallest absolute Gasteiger partial charge is 0.232 e. The minimum Gasteiger partial charge on any atom is -0.379 e. The fourth-order valence-corrected chi connectivity index (χ4v) is 5.02. The van der Waals surface area contributed by atoms with Gasteiger partial charge in [0.15, 0.2) is 5.11 Å². The van der Waals surface area contributed by atoms with E-state index in [-0.39, 0.29) is 0 Å². The van der Waals surface area contributed by atoms with Crippen molar-refractivity contribution in [2.24, 2.45) is 0 Å². The first-order chi connectivity index (χ1) is 15.7. The predicted molar refractivity (Wildman–Crippen MR) is 135 cm³/mol. The molecule has 0 bridgehead atoms. The largest absolute Gasteiger partial charge is 0.379 e. The lowest BCUT2D eigenvalue weighted by Gasteiger charge is -2.35. The monoisotopic (exact) mass is 461 g/mol. The van der Waals surface area contributed by atoms with E-state index in [4.69, 9.17) is 26.9 Å². The van der Waals surface area contributed by atoms with Gasteiger partial charge in [0.2, 0.25) is 5.95 Å². The number of aromatic nitrogens is 2. The number of piperidine rings is 1. The summed E-state index contributed by atoms with van der Waals surface area (Å²) in [6.07, 6.45) is 8.79. The molecule has 0 aromatic carbocycles. The Morgan fingerprint density at radius 2 is 1.72 bits per heavy atom. The Hall–Kier alpha value is -1.71.